The number of nitrogens with zero attached hydrogens (tertiary/aromatic N) is 4. The van der Waals surface area contributed by atoms with Gasteiger partial charge in [-0.25, -0.2) is 20.0 Å². The molecule has 0 amide bonds. The Morgan fingerprint density at radius 3 is 1.90 bits per heavy atom. The molecular formula is C19H32N4O4S2. The van der Waals surface area contributed by atoms with Gasteiger partial charge < -0.3 is 18.9 Å². The van der Waals surface area contributed by atoms with E-state index in [1.165, 1.54) is 0 Å². The lowest BCUT2D eigenvalue weighted by Crippen LogP contribution is -2.35. The molecule has 0 aliphatic carbocycles. The van der Waals surface area contributed by atoms with Crippen molar-refractivity contribution in [2.45, 2.75) is 52.7 Å². The van der Waals surface area contributed by atoms with Crippen LogP contribution in [0.3, 0.4) is 0 Å². The van der Waals surface area contributed by atoms with Crippen molar-refractivity contribution in [3.63, 3.8) is 0 Å². The topological polar surface area (TPSA) is 86.4 Å². The van der Waals surface area contributed by atoms with Crippen LogP contribution in [0.1, 0.15) is 34.6 Å². The molecule has 3 atom stereocenters. The largest absolute Gasteiger partial charge is 0.480 e. The maximum atomic E-state index is 5.72. The van der Waals surface area contributed by atoms with Gasteiger partial charge in [-0.05, 0) is 34.6 Å². The summed E-state index contributed by atoms with van der Waals surface area (Å²) in [6, 6.07) is -0.375. The summed E-state index contributed by atoms with van der Waals surface area (Å²) in [5.74, 6) is 4.20. The van der Waals surface area contributed by atoms with Crippen molar-refractivity contribution in [2.24, 2.45) is 20.0 Å². The Bertz CT molecular complexity index is 640. The summed E-state index contributed by atoms with van der Waals surface area (Å²) in [4.78, 5) is 18.5. The van der Waals surface area contributed by atoms with E-state index in [1.54, 1.807) is 21.6 Å². The van der Waals surface area contributed by atoms with Gasteiger partial charge in [0.1, 0.15) is 24.7 Å². The Hall–Kier alpha value is -1.42. The fraction of sp³-hybridized carbons (Fsp3) is 0.789. The van der Waals surface area contributed by atoms with Crippen LogP contribution >= 0.6 is 21.6 Å². The molecule has 0 aromatic carbocycles. The van der Waals surface area contributed by atoms with E-state index in [1.807, 2.05) is 34.6 Å². The second kappa shape index (κ2) is 13.0. The van der Waals surface area contributed by atoms with Crippen molar-refractivity contribution in [1.29, 1.82) is 0 Å². The zero-order valence-electron chi connectivity index (χ0n) is 17.9. The Morgan fingerprint density at radius 2 is 1.28 bits per heavy atom. The van der Waals surface area contributed by atoms with Crippen LogP contribution in [0, 0.1) is 0 Å². The van der Waals surface area contributed by atoms with Crippen molar-refractivity contribution >= 4 is 45.2 Å². The lowest BCUT2D eigenvalue weighted by atomic mass is 10.2. The van der Waals surface area contributed by atoms with Crippen LogP contribution in [0.15, 0.2) is 20.0 Å². The highest BCUT2D eigenvalue weighted by Gasteiger charge is 2.28. The molecule has 0 aromatic heterocycles. The summed E-state index contributed by atoms with van der Waals surface area (Å²) >= 11 is 0. The lowest BCUT2D eigenvalue weighted by Gasteiger charge is -2.24. The fourth-order valence-electron chi connectivity index (χ4n) is 2.74. The minimum atomic E-state index is -0.140. The van der Waals surface area contributed by atoms with Crippen LogP contribution in [-0.4, -0.2) is 86.2 Å². The predicted molar refractivity (Wildman–Crippen MR) is 123 cm³/mol. The molecule has 0 saturated heterocycles. The van der Waals surface area contributed by atoms with Gasteiger partial charge in [-0.15, -0.1) is 0 Å². The number of aliphatic imine (C=N–C) groups is 4. The summed E-state index contributed by atoms with van der Waals surface area (Å²) in [5, 5.41) is 0. The summed E-state index contributed by atoms with van der Waals surface area (Å²) < 4.78 is 22.5. The van der Waals surface area contributed by atoms with Crippen LogP contribution in [0.5, 0.6) is 0 Å². The van der Waals surface area contributed by atoms with E-state index in [0.29, 0.717) is 56.6 Å². The highest BCUT2D eigenvalue weighted by molar-refractivity contribution is 8.76. The highest BCUT2D eigenvalue weighted by atomic mass is 33.1. The van der Waals surface area contributed by atoms with Crippen LogP contribution in [0.4, 0.5) is 0 Å². The number of ether oxygens (including phenoxy) is 4. The first-order valence-electron chi connectivity index (χ1n) is 10.1. The third kappa shape index (κ3) is 7.40. The van der Waals surface area contributed by atoms with Crippen LogP contribution in [0.2, 0.25) is 0 Å². The van der Waals surface area contributed by atoms with E-state index in [-0.39, 0.29) is 18.1 Å². The predicted octanol–water partition coefficient (Wildman–Crippen LogP) is 3.26. The maximum Gasteiger partial charge on any atom is 0.210 e. The Morgan fingerprint density at radius 1 is 0.724 bits per heavy atom. The van der Waals surface area contributed by atoms with Crippen LogP contribution < -0.4 is 0 Å². The molecule has 8 nitrogen and oxygen atoms in total. The van der Waals surface area contributed by atoms with E-state index in [0.717, 1.165) is 11.5 Å². The quantitative estimate of drug-likeness (QED) is 0.401. The van der Waals surface area contributed by atoms with Gasteiger partial charge in [-0.1, -0.05) is 21.6 Å². The molecule has 2 aliphatic rings. The summed E-state index contributed by atoms with van der Waals surface area (Å²) in [5.41, 5.74) is 0. The zero-order chi connectivity index (χ0) is 21.1. The summed E-state index contributed by atoms with van der Waals surface area (Å²) in [6.07, 6.45) is 0. The average Bonchev–Trinajstić information content (AvgIpc) is 2.70. The second-order valence-electron chi connectivity index (χ2n) is 6.12. The first kappa shape index (κ1) is 23.9. The van der Waals surface area contributed by atoms with Gasteiger partial charge in [0.2, 0.25) is 23.6 Å². The minimum Gasteiger partial charge on any atom is -0.480 e. The number of hydrogen-bond acceptors (Lipinski definition) is 10. The first-order valence-corrected chi connectivity index (χ1v) is 12.6. The molecule has 0 N–H and O–H groups in total. The number of rotatable bonds is 9. The monoisotopic (exact) mass is 444 g/mol. The van der Waals surface area contributed by atoms with Crippen molar-refractivity contribution in [1.82, 2.24) is 0 Å². The molecule has 0 spiro atoms. The summed E-state index contributed by atoms with van der Waals surface area (Å²) in [6.45, 7) is 12.6. The normalized spacial score (nSPS) is 24.1. The standard InChI is InChI=1S/C19H32N4O4S2/c1-6-24-16-10-20-18(26-8-3)14(22-16)11-28-29-12-15-19(27-9-4)21-13(5)17(23-15)25-7-2/h13-15H,6-12H2,1-5H3. The third-order valence-corrected chi connectivity index (χ3v) is 6.31. The van der Waals surface area contributed by atoms with Crippen LogP contribution in [-0.2, 0) is 18.9 Å². The van der Waals surface area contributed by atoms with Gasteiger partial charge in [0.25, 0.3) is 0 Å². The van der Waals surface area contributed by atoms with Gasteiger partial charge in [0.05, 0.1) is 26.4 Å². The average molecular weight is 445 g/mol. The van der Waals surface area contributed by atoms with Crippen molar-refractivity contribution < 1.29 is 18.9 Å². The molecule has 0 bridgehead atoms. The Kier molecular flexibility index (Phi) is 10.7. The molecule has 2 heterocycles. The highest BCUT2D eigenvalue weighted by Crippen LogP contribution is 2.27. The molecular weight excluding hydrogens is 412 g/mol. The number of hydrogen-bond donors (Lipinski definition) is 0. The smallest absolute Gasteiger partial charge is 0.210 e. The lowest BCUT2D eigenvalue weighted by molar-refractivity contribution is 0.289. The third-order valence-electron chi connectivity index (χ3n) is 3.92. The molecule has 29 heavy (non-hydrogen) atoms. The van der Waals surface area contributed by atoms with E-state index in [4.69, 9.17) is 23.9 Å². The SMILES string of the molecule is CCOC1=NC(CSSCC2N=C(OCC)C(C)N=C2OCC)C(OCC)=NC1. The van der Waals surface area contributed by atoms with Gasteiger partial charge in [0.15, 0.2) is 0 Å². The van der Waals surface area contributed by atoms with Gasteiger partial charge in [-0.3, -0.25) is 0 Å². The zero-order valence-corrected chi connectivity index (χ0v) is 19.6. The molecule has 0 fully saturated rings. The molecule has 2 rings (SSSR count). The molecule has 164 valence electrons. The van der Waals surface area contributed by atoms with Crippen molar-refractivity contribution in [3.8, 4) is 0 Å². The maximum absolute atomic E-state index is 5.72. The van der Waals surface area contributed by atoms with Crippen molar-refractivity contribution in [2.75, 3.05) is 44.5 Å². The van der Waals surface area contributed by atoms with E-state index in [9.17, 15) is 0 Å². The molecule has 3 unspecified atom stereocenters. The second-order valence-corrected chi connectivity index (χ2v) is 8.67. The fourth-order valence-corrected chi connectivity index (χ4v) is 4.97. The molecule has 0 saturated carbocycles. The Labute approximate surface area is 181 Å². The first-order chi connectivity index (χ1) is 14.1. The van der Waals surface area contributed by atoms with E-state index < -0.39 is 0 Å². The molecule has 0 radical (unpaired) electrons. The van der Waals surface area contributed by atoms with Gasteiger partial charge in [0, 0.05) is 11.5 Å². The molecule has 2 aliphatic heterocycles. The van der Waals surface area contributed by atoms with Crippen LogP contribution in [0.25, 0.3) is 0 Å². The molecule has 10 heteroatoms. The van der Waals surface area contributed by atoms with E-state index in [2.05, 4.69) is 15.0 Å². The van der Waals surface area contributed by atoms with Gasteiger partial charge >= 0.3 is 0 Å². The van der Waals surface area contributed by atoms with Gasteiger partial charge in [-0.2, -0.15) is 0 Å². The summed E-state index contributed by atoms with van der Waals surface area (Å²) in [7, 11) is 3.42. The van der Waals surface area contributed by atoms with Crippen molar-refractivity contribution in [3.05, 3.63) is 0 Å². The minimum absolute atomic E-state index is 0.107. The van der Waals surface area contributed by atoms with E-state index >= 15 is 0 Å². The Balaban J connectivity index is 1.91. The molecule has 0 aromatic rings.